The van der Waals surface area contributed by atoms with Crippen molar-refractivity contribution in [3.05, 3.63) is 23.8 Å². The van der Waals surface area contributed by atoms with Crippen molar-refractivity contribution in [2.24, 2.45) is 0 Å². The van der Waals surface area contributed by atoms with Crippen LogP contribution in [0.1, 0.15) is 13.3 Å². The van der Waals surface area contributed by atoms with Crippen LogP contribution in [-0.2, 0) is 19.1 Å². The first-order valence-electron chi connectivity index (χ1n) is 5.71. The summed E-state index contributed by atoms with van der Waals surface area (Å²) < 4.78 is 5.32. The first kappa shape index (κ1) is 11.2. The minimum absolute atomic E-state index is 0.175. The molecule has 1 N–H and O–H groups in total. The third-order valence-electron chi connectivity index (χ3n) is 3.57. The number of hydrogen-bond acceptors (Lipinski definition) is 4. The monoisotopic (exact) mass is 249 g/mol. The Morgan fingerprint density at radius 2 is 2.33 bits per heavy atom. The van der Waals surface area contributed by atoms with Crippen molar-refractivity contribution in [1.82, 2.24) is 4.90 Å². The number of carboxylic acid groups (broad SMARTS) is 1. The van der Waals surface area contributed by atoms with Crippen LogP contribution in [0.15, 0.2) is 23.8 Å². The zero-order valence-corrected chi connectivity index (χ0v) is 9.62. The molecule has 0 aromatic rings. The number of carbonyl (C=O) groups excluding carboxylic acids is 2. The summed E-state index contributed by atoms with van der Waals surface area (Å²) in [4.78, 5) is 36.3. The van der Waals surface area contributed by atoms with Gasteiger partial charge < -0.3 is 9.84 Å². The molecule has 2 saturated heterocycles. The van der Waals surface area contributed by atoms with Crippen LogP contribution in [0.4, 0.5) is 0 Å². The Balaban J connectivity index is 2.03. The summed E-state index contributed by atoms with van der Waals surface area (Å²) in [7, 11) is 0. The van der Waals surface area contributed by atoms with Crippen LogP contribution in [0.25, 0.3) is 0 Å². The van der Waals surface area contributed by atoms with Crippen LogP contribution in [0.2, 0.25) is 0 Å². The second kappa shape index (κ2) is 3.29. The fourth-order valence-electron chi connectivity index (χ4n) is 2.60. The van der Waals surface area contributed by atoms with Crippen molar-refractivity contribution in [3.8, 4) is 0 Å². The Kier molecular flexibility index (Phi) is 2.04. The van der Waals surface area contributed by atoms with E-state index < -0.39 is 35.5 Å². The van der Waals surface area contributed by atoms with Crippen LogP contribution in [0, 0.1) is 0 Å². The van der Waals surface area contributed by atoms with E-state index in [9.17, 15) is 14.4 Å². The molecule has 18 heavy (non-hydrogen) atoms. The number of amides is 2. The second-order valence-corrected chi connectivity index (χ2v) is 4.48. The van der Waals surface area contributed by atoms with E-state index >= 15 is 0 Å². The lowest BCUT2D eigenvalue weighted by Crippen LogP contribution is -2.46. The molecule has 0 aromatic carbocycles. The molecule has 3 unspecified atom stereocenters. The van der Waals surface area contributed by atoms with Gasteiger partial charge in [-0.25, -0.2) is 4.79 Å². The van der Waals surface area contributed by atoms with E-state index in [1.54, 1.807) is 19.1 Å². The van der Waals surface area contributed by atoms with Gasteiger partial charge in [0, 0.05) is 0 Å². The van der Waals surface area contributed by atoms with Crippen LogP contribution in [0.3, 0.4) is 0 Å². The summed E-state index contributed by atoms with van der Waals surface area (Å²) in [5.41, 5.74) is -0.978. The van der Waals surface area contributed by atoms with Crippen LogP contribution < -0.4 is 0 Å². The third kappa shape index (κ3) is 1.08. The van der Waals surface area contributed by atoms with Crippen molar-refractivity contribution >= 4 is 17.8 Å². The number of rotatable bonds is 3. The van der Waals surface area contributed by atoms with Gasteiger partial charge in [-0.2, -0.15) is 0 Å². The first-order valence-corrected chi connectivity index (χ1v) is 5.71. The van der Waals surface area contributed by atoms with Gasteiger partial charge >= 0.3 is 5.97 Å². The van der Waals surface area contributed by atoms with E-state index in [1.807, 2.05) is 0 Å². The van der Waals surface area contributed by atoms with Gasteiger partial charge in [-0.15, -0.1) is 0 Å². The molecular weight excluding hydrogens is 238 g/mol. The standard InChI is InChI=1S/C12H11NO5/c1-2-7(10(15)16)13-9(14)6-4-3-5-8-12(6,18-8)11(13)17/h3-5,7-8H,2H2,1H3,(H,15,16). The zero-order valence-electron chi connectivity index (χ0n) is 9.62. The SMILES string of the molecule is CCC(C(=O)O)N1C(=O)C2=CC=CC3OC23C1=O. The fourth-order valence-corrected chi connectivity index (χ4v) is 2.60. The van der Waals surface area contributed by atoms with Gasteiger partial charge in [0.05, 0.1) is 5.57 Å². The number of epoxide rings is 1. The number of carboxylic acids is 1. The Morgan fingerprint density at radius 1 is 1.61 bits per heavy atom. The largest absolute Gasteiger partial charge is 0.480 e. The first-order chi connectivity index (χ1) is 8.54. The molecule has 3 rings (SSSR count). The number of carbonyl (C=O) groups is 3. The molecule has 2 heterocycles. The molecule has 6 nitrogen and oxygen atoms in total. The molecule has 6 heteroatoms. The van der Waals surface area contributed by atoms with Crippen molar-refractivity contribution in [2.45, 2.75) is 31.1 Å². The lowest BCUT2D eigenvalue weighted by atomic mass is 9.93. The van der Waals surface area contributed by atoms with Gasteiger partial charge in [-0.05, 0) is 6.42 Å². The summed E-state index contributed by atoms with van der Waals surface area (Å²) in [5, 5.41) is 9.08. The van der Waals surface area contributed by atoms with Gasteiger partial charge in [-0.1, -0.05) is 25.2 Å². The van der Waals surface area contributed by atoms with Crippen molar-refractivity contribution in [1.29, 1.82) is 0 Å². The molecule has 0 bridgehead atoms. The molecular formula is C12H11NO5. The number of nitrogens with zero attached hydrogens (tertiary/aromatic N) is 1. The summed E-state index contributed by atoms with van der Waals surface area (Å²) in [6, 6.07) is -1.13. The molecule has 1 aliphatic carbocycles. The Hall–Kier alpha value is -1.95. The number of imide groups is 1. The van der Waals surface area contributed by atoms with Gasteiger partial charge in [0.15, 0.2) is 0 Å². The Labute approximate surface area is 103 Å². The van der Waals surface area contributed by atoms with Crippen LogP contribution in [0.5, 0.6) is 0 Å². The molecule has 0 aromatic heterocycles. The van der Waals surface area contributed by atoms with Crippen molar-refractivity contribution in [3.63, 3.8) is 0 Å². The highest BCUT2D eigenvalue weighted by Gasteiger charge is 2.73. The van der Waals surface area contributed by atoms with Gasteiger partial charge in [0.2, 0.25) is 5.60 Å². The molecule has 3 atom stereocenters. The van der Waals surface area contributed by atoms with Crippen molar-refractivity contribution in [2.75, 3.05) is 0 Å². The van der Waals surface area contributed by atoms with Gasteiger partial charge in [-0.3, -0.25) is 14.5 Å². The van der Waals surface area contributed by atoms with Crippen molar-refractivity contribution < 1.29 is 24.2 Å². The quantitative estimate of drug-likeness (QED) is 0.555. The number of aliphatic carboxylic acids is 1. The lowest BCUT2D eigenvalue weighted by Gasteiger charge is -2.20. The Bertz CT molecular complexity index is 535. The third-order valence-corrected chi connectivity index (χ3v) is 3.57. The number of likely N-dealkylation sites (tertiary alicyclic amines) is 1. The Morgan fingerprint density at radius 3 is 2.89 bits per heavy atom. The maximum absolute atomic E-state index is 12.3. The fraction of sp³-hybridized carbons (Fsp3) is 0.417. The molecule has 0 saturated carbocycles. The minimum Gasteiger partial charge on any atom is -0.480 e. The normalized spacial score (nSPS) is 33.9. The van der Waals surface area contributed by atoms with E-state index in [0.717, 1.165) is 4.90 Å². The van der Waals surface area contributed by atoms with Gasteiger partial charge in [0.1, 0.15) is 12.1 Å². The molecule has 2 fully saturated rings. The van der Waals surface area contributed by atoms with E-state index in [1.165, 1.54) is 6.08 Å². The highest BCUT2D eigenvalue weighted by molar-refractivity contribution is 6.22. The molecule has 1 spiro atoms. The lowest BCUT2D eigenvalue weighted by molar-refractivity contribution is -0.154. The second-order valence-electron chi connectivity index (χ2n) is 4.48. The van der Waals surface area contributed by atoms with E-state index in [-0.39, 0.29) is 12.0 Å². The topological polar surface area (TPSA) is 87.2 Å². The average molecular weight is 249 g/mol. The number of allylic oxidation sites excluding steroid dienone is 2. The summed E-state index contributed by atoms with van der Waals surface area (Å²) in [6.07, 6.45) is 4.62. The predicted molar refractivity (Wildman–Crippen MR) is 58.4 cm³/mol. The van der Waals surface area contributed by atoms with E-state index in [4.69, 9.17) is 9.84 Å². The summed E-state index contributed by atoms with van der Waals surface area (Å²) in [5.74, 6) is -2.29. The molecule has 3 aliphatic rings. The number of hydrogen-bond donors (Lipinski definition) is 1. The van der Waals surface area contributed by atoms with E-state index in [0.29, 0.717) is 0 Å². The van der Waals surface area contributed by atoms with Gasteiger partial charge in [0.25, 0.3) is 11.8 Å². The summed E-state index contributed by atoms with van der Waals surface area (Å²) >= 11 is 0. The highest BCUT2D eigenvalue weighted by Crippen LogP contribution is 2.52. The summed E-state index contributed by atoms with van der Waals surface area (Å²) in [6.45, 7) is 1.62. The predicted octanol–water partition coefficient (Wildman–Crippen LogP) is -0.148. The van der Waals surface area contributed by atoms with Crippen LogP contribution >= 0.6 is 0 Å². The smallest absolute Gasteiger partial charge is 0.326 e. The zero-order chi connectivity index (χ0) is 13.1. The molecule has 0 radical (unpaired) electrons. The van der Waals surface area contributed by atoms with Crippen LogP contribution in [-0.4, -0.2) is 45.5 Å². The minimum atomic E-state index is -1.23. The molecule has 94 valence electrons. The number of ether oxygens (including phenoxy) is 1. The highest BCUT2D eigenvalue weighted by atomic mass is 16.6. The van der Waals surface area contributed by atoms with E-state index in [2.05, 4.69) is 0 Å². The molecule has 2 aliphatic heterocycles. The maximum atomic E-state index is 12.3. The molecule has 2 amide bonds. The average Bonchev–Trinajstić information content (AvgIpc) is 3.04. The maximum Gasteiger partial charge on any atom is 0.326 e.